The Morgan fingerprint density at radius 2 is 0.471 bits per heavy atom. The average Bonchev–Trinajstić information content (AvgIpc) is 1.54. The first-order valence-corrected chi connectivity index (χ1v) is 1.64. The molecule has 16 nitrogen and oxygen atoms in total. The van der Waals surface area contributed by atoms with Crippen molar-refractivity contribution in [3.8, 4) is 0 Å². The third kappa shape index (κ3) is 555. The fourth-order valence-corrected chi connectivity index (χ4v) is 0. The normalized spacial score (nSPS) is 4.24. The summed E-state index contributed by atoms with van der Waals surface area (Å²) in [7, 11) is 0. The summed E-state index contributed by atoms with van der Waals surface area (Å²) >= 11 is 0. The first kappa shape index (κ1) is 59.7. The van der Waals surface area contributed by atoms with Gasteiger partial charge in [-0.25, -0.2) is 0 Å². The first-order valence-electron chi connectivity index (χ1n) is 1.64. The summed E-state index contributed by atoms with van der Waals surface area (Å²) in [5.74, 6) is 0. The smallest absolute Gasteiger partial charge is 0.412 e. The van der Waals surface area contributed by atoms with E-state index in [4.69, 9.17) is 46.0 Å². The van der Waals surface area contributed by atoms with Crippen molar-refractivity contribution < 1.29 is 37.2 Å². The molecule has 0 aromatic rings. The van der Waals surface area contributed by atoms with Gasteiger partial charge < -0.3 is 67.9 Å². The molecule has 0 amide bonds. The van der Waals surface area contributed by atoms with Gasteiger partial charge in [0.2, 0.25) is 0 Å². The van der Waals surface area contributed by atoms with Crippen molar-refractivity contribution in [1.82, 2.24) is 0 Å². The van der Waals surface area contributed by atoms with Gasteiger partial charge in [-0.05, 0) is 0 Å². The molecule has 0 radical (unpaired) electrons. The minimum Gasteiger partial charge on any atom is -0.412 e. The third-order valence-electron chi connectivity index (χ3n) is 0. The maximum Gasteiger partial charge on any atom is 3.00 e. The summed E-state index contributed by atoms with van der Waals surface area (Å²) in [5, 5.41) is 44.2. The second kappa shape index (κ2) is 48.1. The summed E-state index contributed by atoms with van der Waals surface area (Å²) in [6.07, 6.45) is 0. The summed E-state index contributed by atoms with van der Waals surface area (Å²) < 4.78 is 0. The minimum atomic E-state index is -1.75. The van der Waals surface area contributed by atoms with Crippen LogP contribution in [0.25, 0.3) is 0 Å². The van der Waals surface area contributed by atoms with Crippen LogP contribution in [0.2, 0.25) is 0 Å². The molecular weight excluding hydrogens is 320 g/mol. The van der Waals surface area contributed by atoms with Gasteiger partial charge in [-0.1, -0.05) is 0 Å². The minimum absolute atomic E-state index is 0. The Labute approximate surface area is 104 Å². The van der Waals surface area contributed by atoms with Gasteiger partial charge in [-0.15, -0.1) is 0 Å². The molecule has 0 unspecified atom stereocenters. The predicted octanol–water partition coefficient (Wildman–Crippen LogP) is -4.40. The van der Waals surface area contributed by atoms with Crippen molar-refractivity contribution >= 4 is 19.8 Å². The van der Waals surface area contributed by atoms with E-state index in [1.54, 1.807) is 0 Å². The monoisotopic (exact) mass is 327 g/mol. The Kier molecular flexibility index (Phi) is 169. The Morgan fingerprint density at radius 3 is 0.471 bits per heavy atom. The van der Waals surface area contributed by atoms with Crippen LogP contribution in [-0.4, -0.2) is 57.0 Å². The van der Waals surface area contributed by atoms with E-state index < -0.39 is 15.3 Å². The van der Waals surface area contributed by atoms with Crippen molar-refractivity contribution in [2.45, 2.75) is 0 Å². The van der Waals surface area contributed by atoms with Gasteiger partial charge >= 0.3 is 19.8 Å². The molecular formula is H8GaN3O13. The number of hydrogen-bond donors (Lipinski definition) is 0. The van der Waals surface area contributed by atoms with Crippen LogP contribution in [0.4, 0.5) is 0 Å². The molecule has 0 saturated heterocycles. The van der Waals surface area contributed by atoms with Crippen LogP contribution >= 0.6 is 0 Å². The van der Waals surface area contributed by atoms with Crippen LogP contribution in [-0.2, 0) is 0 Å². The zero-order chi connectivity index (χ0) is 10.7. The van der Waals surface area contributed by atoms with E-state index in [9.17, 15) is 0 Å². The Bertz CT molecular complexity index is 114. The van der Waals surface area contributed by atoms with Crippen molar-refractivity contribution in [2.75, 3.05) is 0 Å². The van der Waals surface area contributed by atoms with E-state index in [-0.39, 0.29) is 41.7 Å². The molecule has 0 aliphatic rings. The Morgan fingerprint density at radius 1 is 0.471 bits per heavy atom. The molecule has 0 bridgehead atoms. The van der Waals surface area contributed by atoms with Gasteiger partial charge in [0.15, 0.2) is 0 Å². The Balaban J connectivity index is -0.0000000104. The molecule has 8 N–H and O–H groups in total. The van der Waals surface area contributed by atoms with E-state index in [0.717, 1.165) is 0 Å². The maximum atomic E-state index is 8.25. The number of rotatable bonds is 0. The summed E-state index contributed by atoms with van der Waals surface area (Å²) in [6, 6.07) is 0. The fourth-order valence-electron chi connectivity index (χ4n) is 0. The van der Waals surface area contributed by atoms with Crippen LogP contribution < -0.4 is 0 Å². The van der Waals surface area contributed by atoms with E-state index >= 15 is 0 Å². The van der Waals surface area contributed by atoms with Crippen LogP contribution in [0.1, 0.15) is 0 Å². The molecule has 0 atom stereocenters. The van der Waals surface area contributed by atoms with E-state index in [2.05, 4.69) is 0 Å². The Hall–Kier alpha value is -1.92. The molecule has 0 fully saturated rings. The molecule has 0 rings (SSSR count). The second-order valence-corrected chi connectivity index (χ2v) is 0.671. The molecule has 0 heterocycles. The van der Waals surface area contributed by atoms with Crippen LogP contribution in [0.5, 0.6) is 0 Å². The predicted molar refractivity (Wildman–Crippen MR) is 51.3 cm³/mol. The largest absolute Gasteiger partial charge is 3.00 e. The first-order chi connectivity index (χ1) is 5.20. The molecule has 17 heavy (non-hydrogen) atoms. The summed E-state index contributed by atoms with van der Waals surface area (Å²) in [6.45, 7) is 0. The number of hydrogen-bond acceptors (Lipinski definition) is 9. The zero-order valence-corrected chi connectivity index (χ0v) is 10.0. The van der Waals surface area contributed by atoms with Gasteiger partial charge in [0, 0.05) is 0 Å². The van der Waals surface area contributed by atoms with Crippen LogP contribution in [0, 0.1) is 46.0 Å². The zero-order valence-electron chi connectivity index (χ0n) is 7.59. The number of nitrogens with zero attached hydrogens (tertiary/aromatic N) is 3. The van der Waals surface area contributed by atoms with Crippen LogP contribution in [0.15, 0.2) is 0 Å². The average molecular weight is 328 g/mol. The standard InChI is InChI=1S/Ga.3NO3.4H2O/c;3*2-1(3)4;;;;/h;;;;4*1H2/q+3;3*-1;;;;. The molecule has 17 heteroatoms. The van der Waals surface area contributed by atoms with Gasteiger partial charge in [-0.3, -0.25) is 0 Å². The molecule has 0 saturated carbocycles. The van der Waals surface area contributed by atoms with Crippen molar-refractivity contribution in [3.63, 3.8) is 0 Å². The van der Waals surface area contributed by atoms with Crippen molar-refractivity contribution in [3.05, 3.63) is 46.0 Å². The van der Waals surface area contributed by atoms with Gasteiger partial charge in [0.1, 0.15) is 0 Å². The molecule has 0 aromatic carbocycles. The molecule has 0 spiro atoms. The van der Waals surface area contributed by atoms with Gasteiger partial charge in [0.25, 0.3) is 0 Å². The van der Waals surface area contributed by atoms with Gasteiger partial charge in [-0.2, -0.15) is 0 Å². The molecule has 0 aliphatic carbocycles. The third-order valence-corrected chi connectivity index (χ3v) is 0. The summed E-state index contributed by atoms with van der Waals surface area (Å²) in [5.41, 5.74) is 0. The topological polar surface area (TPSA) is 325 Å². The SMILES string of the molecule is O.O.O.O.O=[N+]([O-])[O-].O=[N+]([O-])[O-].O=[N+]([O-])[O-].[Ga+3]. The quantitative estimate of drug-likeness (QED) is 0.235. The molecule has 0 aromatic heterocycles. The van der Waals surface area contributed by atoms with Crippen molar-refractivity contribution in [2.24, 2.45) is 0 Å². The second-order valence-electron chi connectivity index (χ2n) is 0.671. The maximum absolute atomic E-state index is 8.25. The summed E-state index contributed by atoms with van der Waals surface area (Å²) in [4.78, 5) is 24.8. The van der Waals surface area contributed by atoms with Crippen LogP contribution in [0.3, 0.4) is 0 Å². The van der Waals surface area contributed by atoms with E-state index in [0.29, 0.717) is 0 Å². The van der Waals surface area contributed by atoms with Gasteiger partial charge in [0.05, 0.1) is 15.3 Å². The molecule has 0 aliphatic heterocycles. The van der Waals surface area contributed by atoms with E-state index in [1.165, 1.54) is 0 Å². The van der Waals surface area contributed by atoms with E-state index in [1.807, 2.05) is 0 Å². The fraction of sp³-hybridized carbons (Fsp3) is 0. The van der Waals surface area contributed by atoms with Crippen molar-refractivity contribution in [1.29, 1.82) is 0 Å². The molecule has 104 valence electrons.